The topological polar surface area (TPSA) is 30.5 Å². The number of benzene rings is 1. The van der Waals surface area contributed by atoms with Crippen LogP contribution in [0.1, 0.15) is 18.4 Å². The second-order valence-electron chi connectivity index (χ2n) is 4.66. The van der Waals surface area contributed by atoms with Crippen LogP contribution in [0.4, 0.5) is 0 Å². The Morgan fingerprint density at radius 1 is 1.22 bits per heavy atom. The van der Waals surface area contributed by atoms with Gasteiger partial charge in [0.1, 0.15) is 11.5 Å². The average Bonchev–Trinajstić information content (AvgIpc) is 2.40. The predicted octanol–water partition coefficient (Wildman–Crippen LogP) is 2.90. The van der Waals surface area contributed by atoms with Crippen molar-refractivity contribution in [1.29, 1.82) is 0 Å². The number of methoxy groups -OCH3 is 2. The molecule has 0 saturated carbocycles. The van der Waals surface area contributed by atoms with Crippen molar-refractivity contribution in [3.63, 3.8) is 0 Å². The van der Waals surface area contributed by atoms with Gasteiger partial charge in [0.05, 0.1) is 19.2 Å². The van der Waals surface area contributed by atoms with E-state index in [2.05, 4.69) is 5.32 Å². The smallest absolute Gasteiger partial charge is 0.144 e. The van der Waals surface area contributed by atoms with Crippen LogP contribution in [0, 0.1) is 5.92 Å². The summed E-state index contributed by atoms with van der Waals surface area (Å²) in [5.41, 5.74) is 1.10. The molecule has 1 saturated heterocycles. The molecule has 0 atom stereocenters. The van der Waals surface area contributed by atoms with Crippen LogP contribution in [0.2, 0.25) is 5.02 Å². The Hall–Kier alpha value is -0.930. The van der Waals surface area contributed by atoms with Gasteiger partial charge in [-0.3, -0.25) is 0 Å². The monoisotopic (exact) mass is 269 g/mol. The molecule has 4 heteroatoms. The molecule has 1 aliphatic heterocycles. The zero-order valence-corrected chi connectivity index (χ0v) is 11.7. The Morgan fingerprint density at radius 3 is 2.56 bits per heavy atom. The Morgan fingerprint density at radius 2 is 1.94 bits per heavy atom. The molecule has 0 aliphatic carbocycles. The molecule has 0 spiro atoms. The fourth-order valence-corrected chi connectivity index (χ4v) is 2.82. The molecule has 1 N–H and O–H groups in total. The first-order chi connectivity index (χ1) is 8.76. The summed E-state index contributed by atoms with van der Waals surface area (Å²) in [4.78, 5) is 0. The fourth-order valence-electron chi connectivity index (χ4n) is 2.56. The molecule has 0 amide bonds. The molecule has 1 fully saturated rings. The van der Waals surface area contributed by atoms with Crippen molar-refractivity contribution in [3.05, 3.63) is 22.7 Å². The average molecular weight is 270 g/mol. The van der Waals surface area contributed by atoms with Crippen LogP contribution in [-0.2, 0) is 6.42 Å². The third-order valence-electron chi connectivity index (χ3n) is 3.55. The van der Waals surface area contributed by atoms with Gasteiger partial charge in [-0.2, -0.15) is 0 Å². The molecular formula is C14H20ClNO2. The van der Waals surface area contributed by atoms with Crippen molar-refractivity contribution in [3.8, 4) is 11.5 Å². The molecule has 0 unspecified atom stereocenters. The highest BCUT2D eigenvalue weighted by molar-refractivity contribution is 6.32. The molecule has 1 aliphatic rings. The van der Waals surface area contributed by atoms with Gasteiger partial charge in [-0.25, -0.2) is 0 Å². The summed E-state index contributed by atoms with van der Waals surface area (Å²) >= 11 is 6.18. The Labute approximate surface area is 113 Å². The Bertz CT molecular complexity index is 403. The number of hydrogen-bond acceptors (Lipinski definition) is 3. The Kier molecular flexibility index (Phi) is 4.72. The first-order valence-corrected chi connectivity index (χ1v) is 6.74. The van der Waals surface area contributed by atoms with Gasteiger partial charge in [-0.15, -0.1) is 0 Å². The van der Waals surface area contributed by atoms with E-state index < -0.39 is 0 Å². The van der Waals surface area contributed by atoms with E-state index >= 15 is 0 Å². The third kappa shape index (κ3) is 2.90. The second-order valence-corrected chi connectivity index (χ2v) is 5.07. The van der Waals surface area contributed by atoms with E-state index in [1.54, 1.807) is 14.2 Å². The first kappa shape index (κ1) is 13.5. The summed E-state index contributed by atoms with van der Waals surface area (Å²) in [5.74, 6) is 2.30. The van der Waals surface area contributed by atoms with Gasteiger partial charge >= 0.3 is 0 Å². The molecule has 2 rings (SSSR count). The zero-order chi connectivity index (χ0) is 13.0. The summed E-state index contributed by atoms with van der Waals surface area (Å²) in [5, 5.41) is 4.04. The predicted molar refractivity (Wildman–Crippen MR) is 73.9 cm³/mol. The number of rotatable bonds is 4. The van der Waals surface area contributed by atoms with Crippen LogP contribution in [-0.4, -0.2) is 27.3 Å². The van der Waals surface area contributed by atoms with Crippen LogP contribution >= 0.6 is 11.6 Å². The summed E-state index contributed by atoms with van der Waals surface area (Å²) in [6.07, 6.45) is 3.35. The van der Waals surface area contributed by atoms with Gasteiger partial charge in [0.25, 0.3) is 0 Å². The van der Waals surface area contributed by atoms with Crippen molar-refractivity contribution in [2.75, 3.05) is 27.3 Å². The number of nitrogens with one attached hydrogen (secondary N) is 1. The third-order valence-corrected chi connectivity index (χ3v) is 3.84. The van der Waals surface area contributed by atoms with Gasteiger partial charge in [0, 0.05) is 5.56 Å². The van der Waals surface area contributed by atoms with E-state index in [1.165, 1.54) is 12.8 Å². The molecule has 1 aromatic carbocycles. The molecule has 0 radical (unpaired) electrons. The van der Waals surface area contributed by atoms with E-state index in [0.717, 1.165) is 36.6 Å². The highest BCUT2D eigenvalue weighted by atomic mass is 35.5. The summed E-state index contributed by atoms with van der Waals surface area (Å²) in [7, 11) is 3.35. The van der Waals surface area contributed by atoms with Gasteiger partial charge in [0.15, 0.2) is 0 Å². The lowest BCUT2D eigenvalue weighted by atomic mass is 9.90. The van der Waals surface area contributed by atoms with Crippen LogP contribution in [0.25, 0.3) is 0 Å². The fraction of sp³-hybridized carbons (Fsp3) is 0.571. The van der Waals surface area contributed by atoms with E-state index in [-0.39, 0.29) is 0 Å². The van der Waals surface area contributed by atoms with Gasteiger partial charge in [0.2, 0.25) is 0 Å². The molecular weight excluding hydrogens is 250 g/mol. The van der Waals surface area contributed by atoms with Crippen molar-refractivity contribution < 1.29 is 9.47 Å². The van der Waals surface area contributed by atoms with Crippen molar-refractivity contribution in [1.82, 2.24) is 5.32 Å². The van der Waals surface area contributed by atoms with Crippen LogP contribution < -0.4 is 14.8 Å². The zero-order valence-electron chi connectivity index (χ0n) is 11.0. The molecule has 0 bridgehead atoms. The maximum Gasteiger partial charge on any atom is 0.144 e. The van der Waals surface area contributed by atoms with Crippen molar-refractivity contribution in [2.24, 2.45) is 5.92 Å². The Balaban J connectivity index is 2.25. The first-order valence-electron chi connectivity index (χ1n) is 6.36. The van der Waals surface area contributed by atoms with E-state index in [9.17, 15) is 0 Å². The van der Waals surface area contributed by atoms with Gasteiger partial charge in [-0.1, -0.05) is 11.6 Å². The van der Waals surface area contributed by atoms with Crippen molar-refractivity contribution >= 4 is 11.6 Å². The molecule has 1 aromatic rings. The maximum absolute atomic E-state index is 6.18. The van der Waals surface area contributed by atoms with E-state index in [0.29, 0.717) is 10.9 Å². The normalized spacial score (nSPS) is 16.6. The minimum Gasteiger partial charge on any atom is -0.496 e. The summed E-state index contributed by atoms with van der Waals surface area (Å²) in [6, 6.07) is 3.74. The number of halogens is 1. The molecule has 18 heavy (non-hydrogen) atoms. The number of piperidine rings is 1. The molecule has 100 valence electrons. The minimum absolute atomic E-state index is 0.655. The second kappa shape index (κ2) is 6.30. The largest absolute Gasteiger partial charge is 0.496 e. The number of hydrogen-bond donors (Lipinski definition) is 1. The van der Waals surface area contributed by atoms with Crippen LogP contribution in [0.3, 0.4) is 0 Å². The lowest BCUT2D eigenvalue weighted by Crippen LogP contribution is -2.28. The lowest BCUT2D eigenvalue weighted by molar-refractivity contribution is 0.347. The minimum atomic E-state index is 0.655. The molecule has 0 aromatic heterocycles. The van der Waals surface area contributed by atoms with Crippen molar-refractivity contribution in [2.45, 2.75) is 19.3 Å². The standard InChI is InChI=1S/C14H20ClNO2/c1-17-13-4-3-12(15)14(18-2)11(13)9-10-5-7-16-8-6-10/h3-4,10,16H,5-9H2,1-2H3. The molecule has 3 nitrogen and oxygen atoms in total. The quantitative estimate of drug-likeness (QED) is 0.912. The van der Waals surface area contributed by atoms with Gasteiger partial charge in [-0.05, 0) is 50.4 Å². The number of ether oxygens (including phenoxy) is 2. The van der Waals surface area contributed by atoms with Crippen LogP contribution in [0.15, 0.2) is 12.1 Å². The highest BCUT2D eigenvalue weighted by Gasteiger charge is 2.20. The maximum atomic E-state index is 6.18. The van der Waals surface area contributed by atoms with E-state index in [1.807, 2.05) is 12.1 Å². The SMILES string of the molecule is COc1ccc(Cl)c(OC)c1CC1CCNCC1. The van der Waals surface area contributed by atoms with Gasteiger partial charge < -0.3 is 14.8 Å². The highest BCUT2D eigenvalue weighted by Crippen LogP contribution is 2.37. The summed E-state index contributed by atoms with van der Waals surface area (Å²) < 4.78 is 10.9. The lowest BCUT2D eigenvalue weighted by Gasteiger charge is -2.24. The molecule has 1 heterocycles. The summed E-state index contributed by atoms with van der Waals surface area (Å²) in [6.45, 7) is 2.19. The van der Waals surface area contributed by atoms with Crippen LogP contribution in [0.5, 0.6) is 11.5 Å². The van der Waals surface area contributed by atoms with E-state index in [4.69, 9.17) is 21.1 Å².